The second-order valence-electron chi connectivity index (χ2n) is 5.27. The van der Waals surface area contributed by atoms with Crippen LogP contribution in [0.5, 0.6) is 5.75 Å². The Morgan fingerprint density at radius 2 is 2.11 bits per heavy atom. The van der Waals surface area contributed by atoms with Gasteiger partial charge >= 0.3 is 0 Å². The van der Waals surface area contributed by atoms with E-state index in [0.717, 1.165) is 25.7 Å². The number of carbonyl (C=O) groups excluding carboxylic acids is 1. The van der Waals surface area contributed by atoms with Gasteiger partial charge in [0, 0.05) is 10.9 Å². The van der Waals surface area contributed by atoms with Gasteiger partial charge in [0.2, 0.25) is 0 Å². The van der Waals surface area contributed by atoms with E-state index in [4.69, 9.17) is 16.3 Å². The zero-order valence-electron chi connectivity index (χ0n) is 11.6. The Bertz CT molecular complexity index is 456. The van der Waals surface area contributed by atoms with Crippen LogP contribution in [0.15, 0.2) is 18.2 Å². The smallest absolute Gasteiger partial charge is 0.169 e. The van der Waals surface area contributed by atoms with Gasteiger partial charge in [-0.25, -0.2) is 0 Å². The highest BCUT2D eigenvalue weighted by Gasteiger charge is 2.31. The summed E-state index contributed by atoms with van der Waals surface area (Å²) in [5, 5.41) is 0.591. The maximum atomic E-state index is 12.8. The molecule has 1 aliphatic carbocycles. The average Bonchev–Trinajstić information content (AvgIpc) is 2.46. The fourth-order valence-electron chi connectivity index (χ4n) is 3.11. The van der Waals surface area contributed by atoms with Crippen LogP contribution in [-0.2, 0) is 0 Å². The molecule has 3 heteroatoms. The second kappa shape index (κ2) is 6.42. The van der Waals surface area contributed by atoms with Gasteiger partial charge in [-0.1, -0.05) is 37.8 Å². The zero-order valence-corrected chi connectivity index (χ0v) is 12.4. The number of ether oxygens (including phenoxy) is 1. The van der Waals surface area contributed by atoms with E-state index in [9.17, 15) is 4.79 Å². The topological polar surface area (TPSA) is 26.3 Å². The number of rotatable bonds is 4. The molecule has 19 heavy (non-hydrogen) atoms. The first-order valence-electron chi connectivity index (χ1n) is 7.05. The molecule has 0 saturated heterocycles. The molecule has 1 aromatic carbocycles. The first-order chi connectivity index (χ1) is 9.17. The number of benzene rings is 1. The third-order valence-electron chi connectivity index (χ3n) is 4.20. The average molecular weight is 281 g/mol. The summed E-state index contributed by atoms with van der Waals surface area (Å²) in [4.78, 5) is 12.8. The molecule has 104 valence electrons. The van der Waals surface area contributed by atoms with Crippen LogP contribution in [0.4, 0.5) is 0 Å². The standard InChI is InChI=1S/C16H21ClO2/c1-3-11-6-4-5-7-13(11)16(18)14-10-12(17)8-9-15(14)19-2/h8-11,13H,3-7H2,1-2H3. The predicted molar refractivity (Wildman–Crippen MR) is 78.1 cm³/mol. The number of methoxy groups -OCH3 is 1. The van der Waals surface area contributed by atoms with Crippen molar-refractivity contribution in [1.29, 1.82) is 0 Å². The number of hydrogen-bond donors (Lipinski definition) is 0. The van der Waals surface area contributed by atoms with Crippen molar-refractivity contribution in [1.82, 2.24) is 0 Å². The van der Waals surface area contributed by atoms with Gasteiger partial charge in [0.25, 0.3) is 0 Å². The normalized spacial score (nSPS) is 23.1. The Labute approximate surface area is 120 Å². The van der Waals surface area contributed by atoms with Gasteiger partial charge in [0.05, 0.1) is 12.7 Å². The Balaban J connectivity index is 2.29. The van der Waals surface area contributed by atoms with Crippen molar-refractivity contribution in [2.24, 2.45) is 11.8 Å². The fraction of sp³-hybridized carbons (Fsp3) is 0.562. The van der Waals surface area contributed by atoms with E-state index in [2.05, 4.69) is 6.92 Å². The highest BCUT2D eigenvalue weighted by Crippen LogP contribution is 2.36. The molecular weight excluding hydrogens is 260 g/mol. The summed E-state index contributed by atoms with van der Waals surface area (Å²) in [5.41, 5.74) is 0.639. The Morgan fingerprint density at radius 1 is 1.37 bits per heavy atom. The first-order valence-corrected chi connectivity index (χ1v) is 7.43. The molecule has 0 aromatic heterocycles. The molecule has 2 nitrogen and oxygen atoms in total. The van der Waals surface area contributed by atoms with Crippen LogP contribution in [-0.4, -0.2) is 12.9 Å². The van der Waals surface area contributed by atoms with E-state index in [1.165, 1.54) is 6.42 Å². The maximum Gasteiger partial charge on any atom is 0.169 e. The summed E-state index contributed by atoms with van der Waals surface area (Å²) >= 11 is 6.02. The van der Waals surface area contributed by atoms with Crippen molar-refractivity contribution < 1.29 is 9.53 Å². The van der Waals surface area contributed by atoms with Crippen LogP contribution in [0.2, 0.25) is 5.02 Å². The molecule has 1 aromatic rings. The molecule has 0 aliphatic heterocycles. The summed E-state index contributed by atoms with van der Waals surface area (Å²) < 4.78 is 5.30. The summed E-state index contributed by atoms with van der Waals surface area (Å²) in [5.74, 6) is 1.47. The summed E-state index contributed by atoms with van der Waals surface area (Å²) in [7, 11) is 1.60. The van der Waals surface area contributed by atoms with Crippen molar-refractivity contribution in [3.8, 4) is 5.75 Å². The van der Waals surface area contributed by atoms with Gasteiger partial charge in [0.15, 0.2) is 5.78 Å². The van der Waals surface area contributed by atoms with Crippen molar-refractivity contribution in [2.75, 3.05) is 7.11 Å². The van der Waals surface area contributed by atoms with Crippen LogP contribution < -0.4 is 4.74 Å². The number of Topliss-reactive ketones (excluding diaryl/α,β-unsaturated/α-hetero) is 1. The van der Waals surface area contributed by atoms with Gasteiger partial charge in [-0.3, -0.25) is 4.79 Å². The van der Waals surface area contributed by atoms with Crippen LogP contribution in [0.3, 0.4) is 0 Å². The largest absolute Gasteiger partial charge is 0.496 e. The molecule has 1 fully saturated rings. The van der Waals surface area contributed by atoms with Gasteiger partial charge in [-0.2, -0.15) is 0 Å². The molecule has 0 amide bonds. The molecule has 2 unspecified atom stereocenters. The highest BCUT2D eigenvalue weighted by atomic mass is 35.5. The molecule has 2 atom stereocenters. The molecule has 0 heterocycles. The lowest BCUT2D eigenvalue weighted by atomic mass is 9.74. The third-order valence-corrected chi connectivity index (χ3v) is 4.43. The molecule has 1 aliphatic rings. The minimum Gasteiger partial charge on any atom is -0.496 e. The maximum absolute atomic E-state index is 12.8. The third kappa shape index (κ3) is 3.11. The fourth-order valence-corrected chi connectivity index (χ4v) is 3.29. The quantitative estimate of drug-likeness (QED) is 0.744. The van der Waals surface area contributed by atoms with Crippen molar-refractivity contribution in [3.05, 3.63) is 28.8 Å². The molecule has 0 radical (unpaired) electrons. The van der Waals surface area contributed by atoms with Crippen LogP contribution in [0, 0.1) is 11.8 Å². The lowest BCUT2D eigenvalue weighted by Gasteiger charge is -2.30. The van der Waals surface area contributed by atoms with Gasteiger partial charge in [-0.05, 0) is 37.0 Å². The van der Waals surface area contributed by atoms with E-state index in [0.29, 0.717) is 22.3 Å². The van der Waals surface area contributed by atoms with Gasteiger partial charge in [0.1, 0.15) is 5.75 Å². The molecular formula is C16H21ClO2. The molecule has 2 rings (SSSR count). The molecule has 0 bridgehead atoms. The van der Waals surface area contributed by atoms with Crippen LogP contribution in [0.1, 0.15) is 49.4 Å². The van der Waals surface area contributed by atoms with Gasteiger partial charge < -0.3 is 4.74 Å². The van der Waals surface area contributed by atoms with Gasteiger partial charge in [-0.15, -0.1) is 0 Å². The van der Waals surface area contributed by atoms with Crippen molar-refractivity contribution in [3.63, 3.8) is 0 Å². The minimum absolute atomic E-state index is 0.131. The molecule has 1 saturated carbocycles. The molecule has 0 spiro atoms. The summed E-state index contributed by atoms with van der Waals surface area (Å²) in [6.07, 6.45) is 5.62. The van der Waals surface area contributed by atoms with E-state index >= 15 is 0 Å². The predicted octanol–water partition coefficient (Wildman–Crippen LogP) is 4.75. The van der Waals surface area contributed by atoms with E-state index in [1.807, 2.05) is 0 Å². The van der Waals surface area contributed by atoms with Crippen LogP contribution in [0.25, 0.3) is 0 Å². The molecule has 0 N–H and O–H groups in total. The zero-order chi connectivity index (χ0) is 13.8. The van der Waals surface area contributed by atoms with E-state index in [-0.39, 0.29) is 11.7 Å². The van der Waals surface area contributed by atoms with E-state index < -0.39 is 0 Å². The Morgan fingerprint density at radius 3 is 2.79 bits per heavy atom. The Kier molecular flexibility index (Phi) is 4.87. The summed E-state index contributed by atoms with van der Waals surface area (Å²) in [6.45, 7) is 2.17. The Hall–Kier alpha value is -1.02. The number of ketones is 1. The summed E-state index contributed by atoms with van der Waals surface area (Å²) in [6, 6.07) is 5.28. The first kappa shape index (κ1) is 14.4. The number of hydrogen-bond acceptors (Lipinski definition) is 2. The van der Waals surface area contributed by atoms with E-state index in [1.54, 1.807) is 25.3 Å². The van der Waals surface area contributed by atoms with Crippen LogP contribution >= 0.6 is 11.6 Å². The lowest BCUT2D eigenvalue weighted by Crippen LogP contribution is -2.27. The number of halogens is 1. The minimum atomic E-state index is 0.131. The van der Waals surface area contributed by atoms with Crippen molar-refractivity contribution in [2.45, 2.75) is 39.0 Å². The number of carbonyl (C=O) groups is 1. The monoisotopic (exact) mass is 280 g/mol. The SMILES string of the molecule is CCC1CCCCC1C(=O)c1cc(Cl)ccc1OC. The van der Waals surface area contributed by atoms with Crippen molar-refractivity contribution >= 4 is 17.4 Å². The highest BCUT2D eigenvalue weighted by molar-refractivity contribution is 6.31. The lowest BCUT2D eigenvalue weighted by molar-refractivity contribution is 0.0817. The second-order valence-corrected chi connectivity index (χ2v) is 5.70.